The summed E-state index contributed by atoms with van der Waals surface area (Å²) in [6, 6.07) is 64.9. The largest absolute Gasteiger partial charge is 0.309 e. The molecule has 0 aliphatic rings. The van der Waals surface area contributed by atoms with E-state index in [4.69, 9.17) is 9.97 Å². The van der Waals surface area contributed by atoms with Crippen molar-refractivity contribution in [1.82, 2.24) is 19.1 Å². The van der Waals surface area contributed by atoms with Crippen LogP contribution in [0.1, 0.15) is 0 Å². The van der Waals surface area contributed by atoms with Gasteiger partial charge in [0.05, 0.1) is 33.3 Å². The molecule has 0 fully saturated rings. The van der Waals surface area contributed by atoms with Gasteiger partial charge in [0.2, 0.25) is 5.95 Å². The monoisotopic (exact) mass is 662 g/mol. The highest BCUT2D eigenvalue weighted by atomic mass is 15.2. The SMILES string of the molecule is c1ccc(-c2ccc(-n3c4ccccc4c4ccc(-c5nc(-n6c7ccccc7c7cc8ccccc8cc76)nc6ccccc56)cc43)cc2)cc1. The molecule has 0 bridgehead atoms. The van der Waals surface area contributed by atoms with Crippen molar-refractivity contribution in [3.8, 4) is 34.0 Å². The molecule has 52 heavy (non-hydrogen) atoms. The lowest BCUT2D eigenvalue weighted by molar-refractivity contribution is 1.01. The first-order chi connectivity index (χ1) is 25.8. The number of hydrogen-bond donors (Lipinski definition) is 0. The Morgan fingerprint density at radius 3 is 1.67 bits per heavy atom. The topological polar surface area (TPSA) is 35.6 Å². The third kappa shape index (κ3) is 4.34. The number of rotatable bonds is 4. The summed E-state index contributed by atoms with van der Waals surface area (Å²) in [6.07, 6.45) is 0. The first-order valence-corrected chi connectivity index (χ1v) is 17.7. The number of hydrogen-bond acceptors (Lipinski definition) is 2. The van der Waals surface area contributed by atoms with Crippen LogP contribution in [0.2, 0.25) is 0 Å². The summed E-state index contributed by atoms with van der Waals surface area (Å²) in [6.45, 7) is 0. The van der Waals surface area contributed by atoms with Gasteiger partial charge in [-0.2, -0.15) is 0 Å². The summed E-state index contributed by atoms with van der Waals surface area (Å²) in [7, 11) is 0. The fraction of sp³-hybridized carbons (Fsp3) is 0. The van der Waals surface area contributed by atoms with Crippen LogP contribution in [0.15, 0.2) is 182 Å². The highest BCUT2D eigenvalue weighted by Gasteiger charge is 2.19. The molecule has 0 aliphatic carbocycles. The predicted molar refractivity (Wildman–Crippen MR) is 217 cm³/mol. The Hall–Kier alpha value is -7.04. The molecule has 0 unspecified atom stereocenters. The quantitative estimate of drug-likeness (QED) is 0.188. The van der Waals surface area contributed by atoms with E-state index in [0.29, 0.717) is 5.95 Å². The average molecular weight is 663 g/mol. The Morgan fingerprint density at radius 1 is 0.327 bits per heavy atom. The molecule has 4 nitrogen and oxygen atoms in total. The lowest BCUT2D eigenvalue weighted by Gasteiger charge is -2.13. The molecular formula is C48H30N4. The second-order valence-corrected chi connectivity index (χ2v) is 13.5. The molecule has 11 rings (SSSR count). The number of fused-ring (bicyclic) bond motifs is 8. The molecule has 0 radical (unpaired) electrons. The minimum atomic E-state index is 0.660. The standard InChI is InChI=1S/C48H30N4/c1-2-12-31(13-3-1)32-22-25-36(26-23-32)51-43-20-10-7-16-37(43)39-27-24-35(30-45(39)51)47-40-18-6-9-19-42(40)49-48(50-47)52-44-21-11-8-17-38(44)41-28-33-14-4-5-15-34(33)29-46(41)52/h1-30H. The predicted octanol–water partition coefficient (Wildman–Crippen LogP) is 12.3. The van der Waals surface area contributed by atoms with Crippen LogP contribution in [0.5, 0.6) is 0 Å². The summed E-state index contributed by atoms with van der Waals surface area (Å²) >= 11 is 0. The van der Waals surface area contributed by atoms with Gasteiger partial charge in [0, 0.05) is 38.2 Å². The van der Waals surface area contributed by atoms with Gasteiger partial charge in [-0.05, 0) is 70.4 Å². The minimum absolute atomic E-state index is 0.660. The summed E-state index contributed by atoms with van der Waals surface area (Å²) in [4.78, 5) is 10.7. The molecule has 0 N–H and O–H groups in total. The van der Waals surface area contributed by atoms with Crippen LogP contribution in [-0.4, -0.2) is 19.1 Å². The van der Waals surface area contributed by atoms with E-state index >= 15 is 0 Å². The summed E-state index contributed by atoms with van der Waals surface area (Å²) in [5.74, 6) is 0.660. The zero-order valence-corrected chi connectivity index (χ0v) is 28.1. The van der Waals surface area contributed by atoms with Gasteiger partial charge < -0.3 is 4.57 Å². The van der Waals surface area contributed by atoms with Gasteiger partial charge in [-0.25, -0.2) is 9.97 Å². The maximum absolute atomic E-state index is 5.44. The number of aromatic nitrogens is 4. The van der Waals surface area contributed by atoms with Gasteiger partial charge in [-0.15, -0.1) is 0 Å². The van der Waals surface area contributed by atoms with Gasteiger partial charge in [0.1, 0.15) is 0 Å². The molecule has 0 saturated heterocycles. The first kappa shape index (κ1) is 28.8. The molecule has 242 valence electrons. The fourth-order valence-corrected chi connectivity index (χ4v) is 8.08. The number of benzene rings is 8. The molecule has 8 aromatic carbocycles. The van der Waals surface area contributed by atoms with Gasteiger partial charge in [0.15, 0.2) is 0 Å². The van der Waals surface area contributed by atoms with Crippen LogP contribution in [-0.2, 0) is 0 Å². The Morgan fingerprint density at radius 2 is 0.885 bits per heavy atom. The van der Waals surface area contributed by atoms with Crippen molar-refractivity contribution in [3.05, 3.63) is 182 Å². The third-order valence-electron chi connectivity index (χ3n) is 10.5. The highest BCUT2D eigenvalue weighted by molar-refractivity contribution is 6.14. The van der Waals surface area contributed by atoms with E-state index in [9.17, 15) is 0 Å². The van der Waals surface area contributed by atoms with E-state index < -0.39 is 0 Å². The van der Waals surface area contributed by atoms with Crippen molar-refractivity contribution in [3.63, 3.8) is 0 Å². The van der Waals surface area contributed by atoms with Crippen LogP contribution in [0.25, 0.3) is 99.3 Å². The summed E-state index contributed by atoms with van der Waals surface area (Å²) < 4.78 is 4.61. The van der Waals surface area contributed by atoms with Gasteiger partial charge >= 0.3 is 0 Å². The number of nitrogens with zero attached hydrogens (tertiary/aromatic N) is 4. The van der Waals surface area contributed by atoms with Crippen LogP contribution in [0, 0.1) is 0 Å². The Balaban J connectivity index is 1.15. The maximum atomic E-state index is 5.44. The molecular weight excluding hydrogens is 633 g/mol. The maximum Gasteiger partial charge on any atom is 0.235 e. The van der Waals surface area contributed by atoms with Crippen LogP contribution in [0.4, 0.5) is 0 Å². The Labute approximate surface area is 299 Å². The van der Waals surface area contributed by atoms with E-state index in [1.165, 1.54) is 49.0 Å². The van der Waals surface area contributed by atoms with E-state index in [-0.39, 0.29) is 0 Å². The van der Waals surface area contributed by atoms with Gasteiger partial charge in [-0.3, -0.25) is 4.57 Å². The average Bonchev–Trinajstić information content (AvgIpc) is 3.72. The zero-order chi connectivity index (χ0) is 34.2. The molecule has 3 aromatic heterocycles. The fourth-order valence-electron chi connectivity index (χ4n) is 8.08. The lowest BCUT2D eigenvalue weighted by Crippen LogP contribution is -2.03. The van der Waals surface area contributed by atoms with E-state index in [2.05, 4.69) is 191 Å². The molecule has 11 aromatic rings. The highest BCUT2D eigenvalue weighted by Crippen LogP contribution is 2.38. The van der Waals surface area contributed by atoms with Gasteiger partial charge in [0.25, 0.3) is 0 Å². The zero-order valence-electron chi connectivity index (χ0n) is 28.1. The minimum Gasteiger partial charge on any atom is -0.309 e. The second-order valence-electron chi connectivity index (χ2n) is 13.5. The molecule has 0 amide bonds. The van der Waals surface area contributed by atoms with E-state index in [1.807, 2.05) is 0 Å². The second kappa shape index (κ2) is 11.2. The third-order valence-corrected chi connectivity index (χ3v) is 10.5. The van der Waals surface area contributed by atoms with Crippen molar-refractivity contribution in [2.24, 2.45) is 0 Å². The lowest BCUT2D eigenvalue weighted by atomic mass is 10.0. The molecule has 0 saturated carbocycles. The van der Waals surface area contributed by atoms with Crippen molar-refractivity contribution in [1.29, 1.82) is 0 Å². The normalized spacial score (nSPS) is 11.8. The molecule has 3 heterocycles. The van der Waals surface area contributed by atoms with E-state index in [0.717, 1.165) is 44.4 Å². The van der Waals surface area contributed by atoms with Crippen molar-refractivity contribution < 1.29 is 0 Å². The Kier molecular flexibility index (Phi) is 6.22. The van der Waals surface area contributed by atoms with Crippen LogP contribution < -0.4 is 0 Å². The Bertz CT molecular complexity index is 3170. The number of para-hydroxylation sites is 3. The summed E-state index contributed by atoms with van der Waals surface area (Å²) in [5.41, 5.74) is 10.9. The van der Waals surface area contributed by atoms with Crippen LogP contribution in [0.3, 0.4) is 0 Å². The molecule has 0 aliphatic heterocycles. The molecule has 0 atom stereocenters. The molecule has 4 heteroatoms. The van der Waals surface area contributed by atoms with Crippen molar-refractivity contribution in [2.45, 2.75) is 0 Å². The summed E-state index contributed by atoms with van der Waals surface area (Å²) in [5, 5.41) is 8.24. The smallest absolute Gasteiger partial charge is 0.235 e. The van der Waals surface area contributed by atoms with Gasteiger partial charge in [-0.1, -0.05) is 133 Å². The van der Waals surface area contributed by atoms with Crippen molar-refractivity contribution >= 4 is 65.3 Å². The van der Waals surface area contributed by atoms with Crippen LogP contribution >= 0.6 is 0 Å². The van der Waals surface area contributed by atoms with E-state index in [1.54, 1.807) is 0 Å². The van der Waals surface area contributed by atoms with Crippen molar-refractivity contribution in [2.75, 3.05) is 0 Å². The first-order valence-electron chi connectivity index (χ1n) is 17.7. The molecule has 0 spiro atoms.